The predicted molar refractivity (Wildman–Crippen MR) is 166 cm³/mol. The SMILES string of the molecule is CCCCNC(=O)[C@@H](Cc1ccccc1)N(Cc1ccccc1C)C(=O)CCCN(c1ccc(Cl)cc1)S(C)(=O)=O. The molecule has 0 aromatic heterocycles. The molecule has 1 atom stereocenters. The number of rotatable bonds is 15. The highest BCUT2D eigenvalue weighted by Crippen LogP contribution is 2.22. The lowest BCUT2D eigenvalue weighted by Gasteiger charge is -2.32. The largest absolute Gasteiger partial charge is 0.354 e. The van der Waals surface area contributed by atoms with E-state index in [4.69, 9.17) is 11.6 Å². The third-order valence-electron chi connectivity index (χ3n) is 6.97. The number of nitrogens with zero attached hydrogens (tertiary/aromatic N) is 2. The quantitative estimate of drug-likeness (QED) is 0.226. The summed E-state index contributed by atoms with van der Waals surface area (Å²) in [7, 11) is -3.59. The van der Waals surface area contributed by atoms with Gasteiger partial charge in [-0.05, 0) is 60.7 Å². The molecule has 1 N–H and O–H groups in total. The van der Waals surface area contributed by atoms with E-state index in [2.05, 4.69) is 12.2 Å². The number of unbranched alkanes of at least 4 members (excludes halogenated alkanes) is 1. The first-order valence-electron chi connectivity index (χ1n) is 14.0. The van der Waals surface area contributed by atoms with Crippen LogP contribution in [0.15, 0.2) is 78.9 Å². The maximum atomic E-state index is 13.9. The third-order valence-corrected chi connectivity index (χ3v) is 8.42. The first-order chi connectivity index (χ1) is 19.6. The molecule has 0 unspecified atom stereocenters. The zero-order valence-electron chi connectivity index (χ0n) is 24.1. The fourth-order valence-corrected chi connectivity index (χ4v) is 5.73. The van der Waals surface area contributed by atoms with Crippen LogP contribution in [0.5, 0.6) is 0 Å². The van der Waals surface area contributed by atoms with Gasteiger partial charge in [-0.25, -0.2) is 8.42 Å². The van der Waals surface area contributed by atoms with Gasteiger partial charge in [0.25, 0.3) is 0 Å². The number of carbonyl (C=O) groups is 2. The van der Waals surface area contributed by atoms with E-state index in [0.717, 1.165) is 35.8 Å². The summed E-state index contributed by atoms with van der Waals surface area (Å²) in [6, 6.07) is 23.3. The lowest BCUT2D eigenvalue weighted by atomic mass is 10.0. The number of aryl methyl sites for hydroxylation is 1. The summed E-state index contributed by atoms with van der Waals surface area (Å²) in [4.78, 5) is 29.1. The Bertz CT molecular complexity index is 1380. The Kier molecular flexibility index (Phi) is 12.2. The van der Waals surface area contributed by atoms with Crippen molar-refractivity contribution in [2.24, 2.45) is 0 Å². The van der Waals surface area contributed by atoms with E-state index in [1.54, 1.807) is 29.2 Å². The van der Waals surface area contributed by atoms with Crippen molar-refractivity contribution in [3.8, 4) is 0 Å². The van der Waals surface area contributed by atoms with Crippen molar-refractivity contribution < 1.29 is 18.0 Å². The molecule has 0 aliphatic rings. The molecule has 0 heterocycles. The molecule has 3 aromatic rings. The van der Waals surface area contributed by atoms with E-state index in [0.29, 0.717) is 23.7 Å². The number of halogens is 1. The van der Waals surface area contributed by atoms with Crippen molar-refractivity contribution in [2.45, 2.75) is 58.5 Å². The standard InChI is InChI=1S/C32H40ClN3O4S/c1-4-5-21-34-32(38)30(23-26-13-7-6-8-14-26)35(24-27-15-10-9-12-25(27)2)31(37)16-11-22-36(41(3,39)40)29-19-17-28(33)18-20-29/h6-10,12-15,17-20,30H,4-5,11,16,21-24H2,1-3H3,(H,34,38)/t30-/m1/s1. The van der Waals surface area contributed by atoms with Gasteiger partial charge in [-0.15, -0.1) is 0 Å². The van der Waals surface area contributed by atoms with E-state index in [1.807, 2.05) is 61.5 Å². The smallest absolute Gasteiger partial charge is 0.243 e. The Morgan fingerprint density at radius 3 is 2.22 bits per heavy atom. The number of carbonyl (C=O) groups excluding carboxylic acids is 2. The number of sulfonamides is 1. The molecular weight excluding hydrogens is 558 g/mol. The molecule has 0 aliphatic carbocycles. The fraction of sp³-hybridized carbons (Fsp3) is 0.375. The van der Waals surface area contributed by atoms with E-state index in [1.165, 1.54) is 4.31 Å². The van der Waals surface area contributed by atoms with Crippen LogP contribution in [0.1, 0.15) is 49.3 Å². The van der Waals surface area contributed by atoms with Gasteiger partial charge in [0.2, 0.25) is 21.8 Å². The number of hydrogen-bond acceptors (Lipinski definition) is 4. The summed E-state index contributed by atoms with van der Waals surface area (Å²) >= 11 is 5.99. The van der Waals surface area contributed by atoms with E-state index >= 15 is 0 Å². The number of nitrogens with one attached hydrogen (secondary N) is 1. The summed E-state index contributed by atoms with van der Waals surface area (Å²) in [6.45, 7) is 4.98. The minimum absolute atomic E-state index is 0.0824. The van der Waals surface area contributed by atoms with Gasteiger partial charge in [0, 0.05) is 37.5 Å². The van der Waals surface area contributed by atoms with Crippen LogP contribution >= 0.6 is 11.6 Å². The van der Waals surface area contributed by atoms with Crippen molar-refractivity contribution in [1.29, 1.82) is 0 Å². The van der Waals surface area contributed by atoms with Crippen LogP contribution in [-0.4, -0.2) is 50.5 Å². The zero-order valence-corrected chi connectivity index (χ0v) is 25.6. The second-order valence-corrected chi connectivity index (χ2v) is 12.6. The average Bonchev–Trinajstić information content (AvgIpc) is 2.94. The van der Waals surface area contributed by atoms with Crippen molar-refractivity contribution in [3.05, 3.63) is 101 Å². The Morgan fingerprint density at radius 1 is 0.927 bits per heavy atom. The van der Waals surface area contributed by atoms with Gasteiger partial charge in [0.05, 0.1) is 11.9 Å². The third kappa shape index (κ3) is 9.90. The highest BCUT2D eigenvalue weighted by Gasteiger charge is 2.30. The molecule has 0 spiro atoms. The maximum Gasteiger partial charge on any atom is 0.243 e. The van der Waals surface area contributed by atoms with Crippen molar-refractivity contribution in [1.82, 2.24) is 10.2 Å². The summed E-state index contributed by atoms with van der Waals surface area (Å²) in [5, 5.41) is 3.53. The number of amides is 2. The highest BCUT2D eigenvalue weighted by atomic mass is 35.5. The Labute approximate surface area is 249 Å². The van der Waals surface area contributed by atoms with Crippen molar-refractivity contribution in [2.75, 3.05) is 23.7 Å². The molecular formula is C32H40ClN3O4S. The minimum atomic E-state index is -3.59. The van der Waals surface area contributed by atoms with E-state index < -0.39 is 16.1 Å². The van der Waals surface area contributed by atoms with Gasteiger partial charge in [0.15, 0.2) is 0 Å². The Balaban J connectivity index is 1.87. The van der Waals surface area contributed by atoms with Crippen LogP contribution in [0.4, 0.5) is 5.69 Å². The lowest BCUT2D eigenvalue weighted by Crippen LogP contribution is -2.50. The van der Waals surface area contributed by atoms with E-state index in [9.17, 15) is 18.0 Å². The molecule has 0 aliphatic heterocycles. The van der Waals surface area contributed by atoms with Crippen molar-refractivity contribution >= 4 is 39.1 Å². The average molecular weight is 598 g/mol. The van der Waals surface area contributed by atoms with Crippen LogP contribution in [-0.2, 0) is 32.6 Å². The van der Waals surface area contributed by atoms with Gasteiger partial charge in [-0.1, -0.05) is 79.5 Å². The molecule has 0 fully saturated rings. The fourth-order valence-electron chi connectivity index (χ4n) is 4.64. The van der Waals surface area contributed by atoms with Crippen LogP contribution < -0.4 is 9.62 Å². The van der Waals surface area contributed by atoms with Gasteiger partial charge < -0.3 is 10.2 Å². The van der Waals surface area contributed by atoms with E-state index in [-0.39, 0.29) is 37.7 Å². The molecule has 0 radical (unpaired) electrons. The zero-order chi connectivity index (χ0) is 29.8. The highest BCUT2D eigenvalue weighted by molar-refractivity contribution is 7.92. The topological polar surface area (TPSA) is 86.8 Å². The molecule has 0 bridgehead atoms. The number of benzene rings is 3. The van der Waals surface area contributed by atoms with Crippen LogP contribution in [0.2, 0.25) is 5.02 Å². The number of hydrogen-bond donors (Lipinski definition) is 1. The summed E-state index contributed by atoms with van der Waals surface area (Å²) in [5.41, 5.74) is 3.43. The maximum absolute atomic E-state index is 13.9. The predicted octanol–water partition coefficient (Wildman–Crippen LogP) is 5.75. The first kappa shape index (κ1) is 32.2. The molecule has 9 heteroatoms. The van der Waals surface area contributed by atoms with Crippen molar-refractivity contribution in [3.63, 3.8) is 0 Å². The van der Waals surface area contributed by atoms with Gasteiger partial charge in [-0.2, -0.15) is 0 Å². The molecule has 0 saturated carbocycles. The monoisotopic (exact) mass is 597 g/mol. The van der Waals surface area contributed by atoms with Gasteiger partial charge >= 0.3 is 0 Å². The summed E-state index contributed by atoms with van der Waals surface area (Å²) in [6.07, 6.45) is 3.68. The van der Waals surface area contributed by atoms with Gasteiger partial charge in [0.1, 0.15) is 6.04 Å². The first-order valence-corrected chi connectivity index (χ1v) is 16.2. The van der Waals surface area contributed by atoms with Crippen LogP contribution in [0.25, 0.3) is 0 Å². The Morgan fingerprint density at radius 2 is 1.59 bits per heavy atom. The molecule has 0 saturated heterocycles. The molecule has 220 valence electrons. The summed E-state index contributed by atoms with van der Waals surface area (Å²) < 4.78 is 26.4. The van der Waals surface area contributed by atoms with Crippen LogP contribution in [0.3, 0.4) is 0 Å². The van der Waals surface area contributed by atoms with Gasteiger partial charge in [-0.3, -0.25) is 13.9 Å². The molecule has 41 heavy (non-hydrogen) atoms. The Hall–Kier alpha value is -3.36. The number of anilines is 1. The molecule has 2 amide bonds. The molecule has 3 aromatic carbocycles. The lowest BCUT2D eigenvalue weighted by molar-refractivity contribution is -0.141. The summed E-state index contributed by atoms with van der Waals surface area (Å²) in [5.74, 6) is -0.396. The van der Waals surface area contributed by atoms with Crippen LogP contribution in [0, 0.1) is 6.92 Å². The molecule has 7 nitrogen and oxygen atoms in total. The second kappa shape index (κ2) is 15.6. The molecule has 3 rings (SSSR count). The minimum Gasteiger partial charge on any atom is -0.354 e. The second-order valence-electron chi connectivity index (χ2n) is 10.2. The normalized spacial score (nSPS) is 12.0.